The molecule has 1 aliphatic rings. The van der Waals surface area contributed by atoms with Crippen molar-refractivity contribution in [3.05, 3.63) is 109 Å². The SMILES string of the molecule is COC(=O)C1=C(C)N=c2s/c(=C/c3c(O)ccc4ccccc34)c(=O)n2C1c1ccccc1. The summed E-state index contributed by atoms with van der Waals surface area (Å²) in [5.41, 5.74) is 1.91. The molecule has 7 heteroatoms. The van der Waals surface area contributed by atoms with Gasteiger partial charge in [0.15, 0.2) is 4.80 Å². The first-order valence-electron chi connectivity index (χ1n) is 10.4. The lowest BCUT2D eigenvalue weighted by molar-refractivity contribution is -0.136. The maximum absolute atomic E-state index is 13.6. The average molecular weight is 457 g/mol. The van der Waals surface area contributed by atoms with Crippen LogP contribution in [-0.4, -0.2) is 22.8 Å². The zero-order valence-electron chi connectivity index (χ0n) is 18.0. The van der Waals surface area contributed by atoms with E-state index < -0.39 is 12.0 Å². The lowest BCUT2D eigenvalue weighted by Gasteiger charge is -2.24. The molecule has 5 rings (SSSR count). The van der Waals surface area contributed by atoms with Crippen molar-refractivity contribution in [2.24, 2.45) is 4.99 Å². The number of phenols is 1. The first-order valence-corrected chi connectivity index (χ1v) is 11.2. The first kappa shape index (κ1) is 20.9. The summed E-state index contributed by atoms with van der Waals surface area (Å²) in [5.74, 6) is -0.434. The number of aromatic nitrogens is 1. The monoisotopic (exact) mass is 456 g/mol. The molecule has 6 nitrogen and oxygen atoms in total. The van der Waals surface area contributed by atoms with E-state index in [0.717, 1.165) is 16.3 Å². The van der Waals surface area contributed by atoms with E-state index in [1.54, 1.807) is 19.1 Å². The van der Waals surface area contributed by atoms with E-state index in [1.807, 2.05) is 60.7 Å². The molecule has 3 aromatic carbocycles. The van der Waals surface area contributed by atoms with Gasteiger partial charge >= 0.3 is 5.97 Å². The van der Waals surface area contributed by atoms with Crippen molar-refractivity contribution < 1.29 is 14.6 Å². The van der Waals surface area contributed by atoms with Gasteiger partial charge in [0.2, 0.25) is 0 Å². The summed E-state index contributed by atoms with van der Waals surface area (Å²) >= 11 is 1.23. The number of carbonyl (C=O) groups excluding carboxylic acids is 1. The van der Waals surface area contributed by atoms with Gasteiger partial charge in [0.1, 0.15) is 5.75 Å². The molecule has 1 atom stereocenters. The molecule has 0 saturated heterocycles. The van der Waals surface area contributed by atoms with Crippen molar-refractivity contribution in [2.75, 3.05) is 7.11 Å². The second kappa shape index (κ2) is 8.18. The molecule has 2 heterocycles. The zero-order valence-corrected chi connectivity index (χ0v) is 18.8. The normalized spacial score (nSPS) is 15.9. The van der Waals surface area contributed by atoms with Gasteiger partial charge in [-0.15, -0.1) is 0 Å². The van der Waals surface area contributed by atoms with Crippen LogP contribution in [0.15, 0.2) is 87.8 Å². The van der Waals surface area contributed by atoms with Crippen LogP contribution < -0.4 is 14.9 Å². The predicted molar refractivity (Wildman–Crippen MR) is 128 cm³/mol. The predicted octanol–water partition coefficient (Wildman–Crippen LogP) is 3.27. The van der Waals surface area contributed by atoms with E-state index in [2.05, 4.69) is 4.99 Å². The van der Waals surface area contributed by atoms with Gasteiger partial charge in [0.05, 0.1) is 29.0 Å². The summed E-state index contributed by atoms with van der Waals surface area (Å²) in [7, 11) is 1.32. The average Bonchev–Trinajstić information content (AvgIpc) is 3.14. The van der Waals surface area contributed by atoms with Gasteiger partial charge in [-0.2, -0.15) is 0 Å². The van der Waals surface area contributed by atoms with Crippen molar-refractivity contribution in [3.8, 4) is 5.75 Å². The number of hydrogen-bond donors (Lipinski definition) is 1. The third-order valence-electron chi connectivity index (χ3n) is 5.77. The van der Waals surface area contributed by atoms with Crippen molar-refractivity contribution in [3.63, 3.8) is 0 Å². The fraction of sp³-hybridized carbons (Fsp3) is 0.115. The first-order chi connectivity index (χ1) is 16.0. The number of allylic oxidation sites excluding steroid dienone is 1. The fourth-order valence-corrected chi connectivity index (χ4v) is 5.24. The Hall–Kier alpha value is -3.97. The summed E-state index contributed by atoms with van der Waals surface area (Å²) in [6, 6.07) is 19.8. The standard InChI is InChI=1S/C26H20N2O4S/c1-15-22(25(31)32-2)23(17-9-4-3-5-10-17)28-24(30)21(33-26(28)27-15)14-19-18-11-7-6-8-16(18)12-13-20(19)29/h3-14,23,29H,1-2H3/b21-14+. The van der Waals surface area contributed by atoms with E-state index >= 15 is 0 Å². The molecule has 33 heavy (non-hydrogen) atoms. The molecule has 1 unspecified atom stereocenters. The van der Waals surface area contributed by atoms with Gasteiger partial charge < -0.3 is 9.84 Å². The van der Waals surface area contributed by atoms with Crippen molar-refractivity contribution in [1.29, 1.82) is 0 Å². The Morgan fingerprint density at radius 1 is 1.09 bits per heavy atom. The third-order valence-corrected chi connectivity index (χ3v) is 6.75. The summed E-state index contributed by atoms with van der Waals surface area (Å²) in [6.07, 6.45) is 1.70. The molecule has 0 spiro atoms. The molecule has 0 radical (unpaired) electrons. The van der Waals surface area contributed by atoms with Crippen LogP contribution in [0.25, 0.3) is 16.8 Å². The Morgan fingerprint density at radius 2 is 1.82 bits per heavy atom. The van der Waals surface area contributed by atoms with Gasteiger partial charge in [0, 0.05) is 5.56 Å². The van der Waals surface area contributed by atoms with Crippen molar-refractivity contribution in [1.82, 2.24) is 4.57 Å². The fourth-order valence-electron chi connectivity index (χ4n) is 4.21. The highest BCUT2D eigenvalue weighted by atomic mass is 32.1. The van der Waals surface area contributed by atoms with Crippen LogP contribution in [-0.2, 0) is 9.53 Å². The molecule has 4 aromatic rings. The number of rotatable bonds is 3. The molecule has 0 amide bonds. The zero-order chi connectivity index (χ0) is 23.1. The molecular formula is C26H20N2O4S. The molecule has 0 fully saturated rings. The largest absolute Gasteiger partial charge is 0.507 e. The number of methoxy groups -OCH3 is 1. The second-order valence-electron chi connectivity index (χ2n) is 7.70. The highest BCUT2D eigenvalue weighted by Gasteiger charge is 2.32. The number of nitrogens with zero attached hydrogens (tertiary/aromatic N) is 2. The number of hydrogen-bond acceptors (Lipinski definition) is 6. The number of fused-ring (bicyclic) bond motifs is 2. The molecule has 164 valence electrons. The van der Waals surface area contributed by atoms with Gasteiger partial charge in [-0.05, 0) is 35.4 Å². The molecule has 0 saturated carbocycles. The number of carbonyl (C=O) groups is 1. The molecular weight excluding hydrogens is 436 g/mol. The van der Waals surface area contributed by atoms with Crippen LogP contribution >= 0.6 is 11.3 Å². The Labute approximate surface area is 193 Å². The van der Waals surface area contributed by atoms with Crippen LogP contribution in [0.3, 0.4) is 0 Å². The number of aromatic hydroxyl groups is 1. The number of ether oxygens (including phenoxy) is 1. The maximum atomic E-state index is 13.6. The smallest absolute Gasteiger partial charge is 0.338 e. The highest BCUT2D eigenvalue weighted by Crippen LogP contribution is 2.31. The molecule has 0 aliphatic carbocycles. The Balaban J connectivity index is 1.80. The van der Waals surface area contributed by atoms with Gasteiger partial charge in [-0.3, -0.25) is 9.36 Å². The minimum Gasteiger partial charge on any atom is -0.507 e. The number of benzene rings is 3. The van der Waals surface area contributed by atoms with Crippen LogP contribution in [0.1, 0.15) is 24.1 Å². The number of esters is 1. The maximum Gasteiger partial charge on any atom is 0.338 e. The van der Waals surface area contributed by atoms with Gasteiger partial charge in [0.25, 0.3) is 5.56 Å². The van der Waals surface area contributed by atoms with Crippen molar-refractivity contribution in [2.45, 2.75) is 13.0 Å². The van der Waals surface area contributed by atoms with Crippen LogP contribution in [0.4, 0.5) is 0 Å². The molecule has 0 bridgehead atoms. The topological polar surface area (TPSA) is 80.9 Å². The second-order valence-corrected chi connectivity index (χ2v) is 8.71. The van der Waals surface area contributed by atoms with Crippen molar-refractivity contribution >= 4 is 34.2 Å². The lowest BCUT2D eigenvalue weighted by Crippen LogP contribution is -2.39. The lowest BCUT2D eigenvalue weighted by atomic mass is 9.96. The van der Waals surface area contributed by atoms with E-state index in [1.165, 1.54) is 23.0 Å². The third kappa shape index (κ3) is 3.47. The highest BCUT2D eigenvalue weighted by molar-refractivity contribution is 7.07. The molecule has 1 aromatic heterocycles. The summed E-state index contributed by atoms with van der Waals surface area (Å²) in [6.45, 7) is 1.75. The van der Waals surface area contributed by atoms with Crippen LogP contribution in [0, 0.1) is 0 Å². The van der Waals surface area contributed by atoms with Gasteiger partial charge in [-0.25, -0.2) is 9.79 Å². The minimum absolute atomic E-state index is 0.0885. The Bertz CT molecular complexity index is 1610. The summed E-state index contributed by atoms with van der Waals surface area (Å²) in [5, 5.41) is 12.4. The number of thiazole rings is 1. The van der Waals surface area contributed by atoms with Crippen LogP contribution in [0.5, 0.6) is 5.75 Å². The van der Waals surface area contributed by atoms with E-state index in [-0.39, 0.29) is 11.3 Å². The minimum atomic E-state index is -0.654. The van der Waals surface area contributed by atoms with E-state index in [4.69, 9.17) is 4.74 Å². The quantitative estimate of drug-likeness (QED) is 0.480. The summed E-state index contributed by atoms with van der Waals surface area (Å²) in [4.78, 5) is 31.4. The Morgan fingerprint density at radius 3 is 2.58 bits per heavy atom. The Kier molecular flexibility index (Phi) is 5.18. The summed E-state index contributed by atoms with van der Waals surface area (Å²) < 4.78 is 6.98. The molecule has 1 N–H and O–H groups in total. The molecule has 1 aliphatic heterocycles. The van der Waals surface area contributed by atoms with E-state index in [0.29, 0.717) is 26.2 Å². The van der Waals surface area contributed by atoms with Gasteiger partial charge in [-0.1, -0.05) is 72.0 Å². The number of phenolic OH excluding ortho intramolecular Hbond substituents is 1. The van der Waals surface area contributed by atoms with E-state index in [9.17, 15) is 14.7 Å². The van der Waals surface area contributed by atoms with Crippen LogP contribution in [0.2, 0.25) is 0 Å².